The van der Waals surface area contributed by atoms with Crippen LogP contribution in [0.4, 0.5) is 0 Å². The lowest BCUT2D eigenvalue weighted by atomic mass is 9.83. The normalized spacial score (nSPS) is 18.3. The van der Waals surface area contributed by atoms with Gasteiger partial charge in [0.25, 0.3) is 0 Å². The number of aromatic nitrogens is 3. The van der Waals surface area contributed by atoms with Crippen molar-refractivity contribution in [2.24, 2.45) is 0 Å². The standard InChI is InChI=1S/C23H21N3O5/c1-13(27)14-4-6-15(7-5-14)25-21(29)24-11-10-18-20(26(24)22(25)30)17-9-8-16(28)12-19(17)31-23(18,2)3/h4-10,12,20,28H,11H2,1-3H3. The van der Waals surface area contributed by atoms with E-state index in [9.17, 15) is 19.5 Å². The molecule has 0 aliphatic carbocycles. The number of fused-ring (bicyclic) bond motifs is 5. The van der Waals surface area contributed by atoms with Gasteiger partial charge in [-0.1, -0.05) is 6.08 Å². The van der Waals surface area contributed by atoms with E-state index < -0.39 is 23.0 Å². The Kier molecular flexibility index (Phi) is 3.92. The highest BCUT2D eigenvalue weighted by molar-refractivity contribution is 5.94. The van der Waals surface area contributed by atoms with Crippen molar-refractivity contribution in [1.82, 2.24) is 13.9 Å². The van der Waals surface area contributed by atoms with Crippen LogP contribution in [0.2, 0.25) is 0 Å². The van der Waals surface area contributed by atoms with Gasteiger partial charge in [0, 0.05) is 17.2 Å². The van der Waals surface area contributed by atoms with Crippen LogP contribution in [0.1, 0.15) is 42.7 Å². The molecular weight excluding hydrogens is 398 g/mol. The fourth-order valence-corrected chi connectivity index (χ4v) is 4.45. The number of phenolic OH excluding ortho intramolecular Hbond substituents is 1. The lowest BCUT2D eigenvalue weighted by Crippen LogP contribution is -2.46. The number of Topliss-reactive ketones (excluding diaryl/α,β-unsaturated/α-hetero) is 1. The maximum Gasteiger partial charge on any atom is 0.352 e. The molecule has 3 heterocycles. The summed E-state index contributed by atoms with van der Waals surface area (Å²) in [5.41, 5.74) is 0.809. The molecule has 0 fully saturated rings. The summed E-state index contributed by atoms with van der Waals surface area (Å²) < 4.78 is 10.1. The molecule has 2 aromatic carbocycles. The number of ether oxygens (including phenoxy) is 1. The average Bonchev–Trinajstić information content (AvgIpc) is 2.97. The molecule has 0 spiro atoms. The van der Waals surface area contributed by atoms with Crippen LogP contribution in [0.25, 0.3) is 5.69 Å². The Hall–Kier alpha value is -3.81. The van der Waals surface area contributed by atoms with Crippen molar-refractivity contribution in [2.75, 3.05) is 0 Å². The molecule has 8 heteroatoms. The molecule has 1 N–H and O–H groups in total. The van der Waals surface area contributed by atoms with Gasteiger partial charge in [0.15, 0.2) is 5.78 Å². The summed E-state index contributed by atoms with van der Waals surface area (Å²) in [6.45, 7) is 5.49. The first kappa shape index (κ1) is 19.2. The van der Waals surface area contributed by atoms with E-state index in [1.165, 1.54) is 28.4 Å². The average molecular weight is 419 g/mol. The number of hydrogen-bond acceptors (Lipinski definition) is 5. The quantitative estimate of drug-likeness (QED) is 0.508. The van der Waals surface area contributed by atoms with Crippen LogP contribution in [0, 0.1) is 0 Å². The molecule has 0 saturated carbocycles. The fourth-order valence-electron chi connectivity index (χ4n) is 4.45. The van der Waals surface area contributed by atoms with Crippen molar-refractivity contribution in [3.63, 3.8) is 0 Å². The Labute approximate surface area is 177 Å². The maximum atomic E-state index is 13.5. The number of ketones is 1. The number of allylic oxidation sites excluding steroid dienone is 1. The second-order valence-corrected chi connectivity index (χ2v) is 8.33. The molecule has 5 rings (SSSR count). The highest BCUT2D eigenvalue weighted by Gasteiger charge is 2.43. The SMILES string of the molecule is CC(=O)c1ccc(-n2c(=O)n3n(c2=O)C2C(=CC3)C(C)(C)Oc3cc(O)ccc32)cc1. The summed E-state index contributed by atoms with van der Waals surface area (Å²) in [4.78, 5) is 38.3. The minimum Gasteiger partial charge on any atom is -0.508 e. The van der Waals surface area contributed by atoms with Crippen molar-refractivity contribution in [2.45, 2.75) is 39.0 Å². The molecule has 3 aromatic rings. The fraction of sp³-hybridized carbons (Fsp3) is 0.261. The second kappa shape index (κ2) is 6.34. The lowest BCUT2D eigenvalue weighted by molar-refractivity contribution is 0.101. The Bertz CT molecular complexity index is 1390. The van der Waals surface area contributed by atoms with Gasteiger partial charge in [0.2, 0.25) is 0 Å². The molecular formula is C23H21N3O5. The van der Waals surface area contributed by atoms with E-state index in [0.717, 1.165) is 10.1 Å². The molecule has 1 unspecified atom stereocenters. The Morgan fingerprint density at radius 1 is 1.10 bits per heavy atom. The minimum atomic E-state index is -0.725. The summed E-state index contributed by atoms with van der Waals surface area (Å²) in [5, 5.41) is 9.92. The van der Waals surface area contributed by atoms with Crippen LogP contribution in [-0.4, -0.2) is 30.4 Å². The first-order chi connectivity index (χ1) is 14.7. The van der Waals surface area contributed by atoms with E-state index in [0.29, 0.717) is 22.6 Å². The number of benzene rings is 2. The molecule has 0 radical (unpaired) electrons. The maximum absolute atomic E-state index is 13.5. The second-order valence-electron chi connectivity index (χ2n) is 8.33. The van der Waals surface area contributed by atoms with E-state index in [1.54, 1.807) is 30.3 Å². The Balaban J connectivity index is 1.74. The number of rotatable bonds is 2. The van der Waals surface area contributed by atoms with Gasteiger partial charge in [-0.15, -0.1) is 0 Å². The summed E-state index contributed by atoms with van der Waals surface area (Å²) >= 11 is 0. The largest absolute Gasteiger partial charge is 0.508 e. The highest BCUT2D eigenvalue weighted by Crippen LogP contribution is 2.46. The summed E-state index contributed by atoms with van der Waals surface area (Å²) in [6.07, 6.45) is 1.92. The predicted molar refractivity (Wildman–Crippen MR) is 113 cm³/mol. The first-order valence-electron chi connectivity index (χ1n) is 9.97. The molecule has 31 heavy (non-hydrogen) atoms. The topological polar surface area (TPSA) is 95.5 Å². The van der Waals surface area contributed by atoms with E-state index in [-0.39, 0.29) is 18.1 Å². The van der Waals surface area contributed by atoms with Crippen LogP contribution in [-0.2, 0) is 6.54 Å². The van der Waals surface area contributed by atoms with Crippen LogP contribution in [0.3, 0.4) is 0 Å². The number of carbonyl (C=O) groups excluding carboxylic acids is 1. The van der Waals surface area contributed by atoms with E-state index in [1.807, 2.05) is 19.9 Å². The number of aromatic hydroxyl groups is 1. The van der Waals surface area contributed by atoms with Crippen LogP contribution < -0.4 is 16.1 Å². The molecule has 0 bridgehead atoms. The van der Waals surface area contributed by atoms with Crippen molar-refractivity contribution >= 4 is 5.78 Å². The van der Waals surface area contributed by atoms with Gasteiger partial charge in [-0.25, -0.2) is 23.5 Å². The van der Waals surface area contributed by atoms with Gasteiger partial charge in [-0.2, -0.15) is 0 Å². The zero-order chi connectivity index (χ0) is 22.1. The predicted octanol–water partition coefficient (Wildman–Crippen LogP) is 2.41. The Morgan fingerprint density at radius 3 is 2.48 bits per heavy atom. The smallest absolute Gasteiger partial charge is 0.352 e. The molecule has 2 aliphatic heterocycles. The van der Waals surface area contributed by atoms with E-state index in [2.05, 4.69) is 0 Å². The lowest BCUT2D eigenvalue weighted by Gasteiger charge is -2.42. The van der Waals surface area contributed by atoms with E-state index in [4.69, 9.17) is 4.74 Å². The number of hydrogen-bond donors (Lipinski definition) is 1. The monoisotopic (exact) mass is 419 g/mol. The number of phenols is 1. The van der Waals surface area contributed by atoms with Gasteiger partial charge in [0.05, 0.1) is 12.2 Å². The molecule has 1 aromatic heterocycles. The van der Waals surface area contributed by atoms with Crippen molar-refractivity contribution < 1.29 is 14.6 Å². The molecule has 1 atom stereocenters. The zero-order valence-corrected chi connectivity index (χ0v) is 17.3. The number of nitrogens with zero attached hydrogens (tertiary/aromatic N) is 3. The zero-order valence-electron chi connectivity index (χ0n) is 17.3. The van der Waals surface area contributed by atoms with Gasteiger partial charge >= 0.3 is 11.4 Å². The summed E-state index contributed by atoms with van der Waals surface area (Å²) in [7, 11) is 0. The highest BCUT2D eigenvalue weighted by atomic mass is 16.5. The van der Waals surface area contributed by atoms with Gasteiger partial charge in [-0.3, -0.25) is 4.79 Å². The number of carbonyl (C=O) groups is 1. The van der Waals surface area contributed by atoms with E-state index >= 15 is 0 Å². The molecule has 0 amide bonds. The third kappa shape index (κ3) is 2.71. The van der Waals surface area contributed by atoms with Crippen LogP contribution >= 0.6 is 0 Å². The Morgan fingerprint density at radius 2 is 1.81 bits per heavy atom. The summed E-state index contributed by atoms with van der Waals surface area (Å²) in [5.74, 6) is 0.439. The minimum absolute atomic E-state index is 0.0608. The van der Waals surface area contributed by atoms with Crippen molar-refractivity contribution in [3.8, 4) is 17.2 Å². The summed E-state index contributed by atoms with van der Waals surface area (Å²) in [6, 6.07) is 10.6. The molecule has 0 saturated heterocycles. The third-order valence-electron chi connectivity index (χ3n) is 5.97. The van der Waals surface area contributed by atoms with Crippen LogP contribution in [0.5, 0.6) is 11.5 Å². The molecule has 2 aliphatic rings. The van der Waals surface area contributed by atoms with Crippen molar-refractivity contribution in [3.05, 3.63) is 86.2 Å². The van der Waals surface area contributed by atoms with Crippen LogP contribution in [0.15, 0.2) is 63.7 Å². The molecule has 158 valence electrons. The van der Waals surface area contributed by atoms with Crippen molar-refractivity contribution in [1.29, 1.82) is 0 Å². The van der Waals surface area contributed by atoms with Gasteiger partial charge < -0.3 is 9.84 Å². The van der Waals surface area contributed by atoms with Gasteiger partial charge in [0.1, 0.15) is 23.1 Å². The first-order valence-corrected chi connectivity index (χ1v) is 9.97. The third-order valence-corrected chi connectivity index (χ3v) is 5.97. The molecule has 8 nitrogen and oxygen atoms in total. The van der Waals surface area contributed by atoms with Gasteiger partial charge in [-0.05, 0) is 62.7 Å².